The van der Waals surface area contributed by atoms with Gasteiger partial charge in [-0.15, -0.1) is 0 Å². The van der Waals surface area contributed by atoms with Gasteiger partial charge in [0, 0.05) is 11.8 Å². The Bertz CT molecular complexity index is 1320. The van der Waals surface area contributed by atoms with Crippen molar-refractivity contribution in [2.75, 3.05) is 11.1 Å². The summed E-state index contributed by atoms with van der Waals surface area (Å²) in [7, 11) is 0. The van der Waals surface area contributed by atoms with Crippen molar-refractivity contribution in [3.05, 3.63) is 75.5 Å². The molecule has 0 radical (unpaired) electrons. The summed E-state index contributed by atoms with van der Waals surface area (Å²) < 4.78 is 28.7. The van der Waals surface area contributed by atoms with Gasteiger partial charge in [0.1, 0.15) is 11.6 Å². The van der Waals surface area contributed by atoms with E-state index in [9.17, 15) is 18.4 Å². The molecule has 7 nitrogen and oxygen atoms in total. The molecule has 2 aromatic carbocycles. The first-order valence-corrected chi connectivity index (χ1v) is 9.89. The van der Waals surface area contributed by atoms with Crippen molar-refractivity contribution in [3.63, 3.8) is 0 Å². The summed E-state index contributed by atoms with van der Waals surface area (Å²) in [6.45, 7) is 0. The molecule has 0 bridgehead atoms. The predicted octanol–water partition coefficient (Wildman–Crippen LogP) is 3.75. The Labute approximate surface area is 177 Å². The monoisotopic (exact) mass is 447 g/mol. The molecular weight excluding hydrogens is 436 g/mol. The van der Waals surface area contributed by atoms with Crippen LogP contribution in [-0.4, -0.2) is 31.2 Å². The largest absolute Gasteiger partial charge is 0.325 e. The van der Waals surface area contributed by atoms with E-state index in [1.165, 1.54) is 34.8 Å². The molecule has 0 aliphatic carbocycles. The number of thioether (sulfide) groups is 1. The van der Waals surface area contributed by atoms with Crippen molar-refractivity contribution < 1.29 is 13.6 Å². The number of aromatic nitrogens is 4. The molecular formula is C19H12ClF2N5O2S. The highest BCUT2D eigenvalue weighted by Gasteiger charge is 2.15. The van der Waals surface area contributed by atoms with Gasteiger partial charge in [0.2, 0.25) is 5.91 Å². The summed E-state index contributed by atoms with van der Waals surface area (Å²) in [6.07, 6.45) is 0. The second-order valence-electron chi connectivity index (χ2n) is 6.09. The number of carbonyl (C=O) groups excluding carboxylic acids is 1. The van der Waals surface area contributed by atoms with Crippen LogP contribution in [0.4, 0.5) is 14.5 Å². The van der Waals surface area contributed by atoms with Crippen LogP contribution in [0.1, 0.15) is 0 Å². The summed E-state index contributed by atoms with van der Waals surface area (Å²) in [4.78, 5) is 32.5. The third kappa shape index (κ3) is 4.19. The van der Waals surface area contributed by atoms with E-state index in [0.717, 1.165) is 17.8 Å². The fourth-order valence-corrected chi connectivity index (χ4v) is 3.58. The van der Waals surface area contributed by atoms with Gasteiger partial charge in [-0.3, -0.25) is 14.7 Å². The van der Waals surface area contributed by atoms with Crippen molar-refractivity contribution in [1.29, 1.82) is 0 Å². The lowest BCUT2D eigenvalue weighted by molar-refractivity contribution is -0.113. The number of carbonyl (C=O) groups is 1. The molecule has 0 unspecified atom stereocenters. The molecule has 0 aliphatic rings. The second kappa shape index (κ2) is 8.25. The quantitative estimate of drug-likeness (QED) is 0.455. The van der Waals surface area contributed by atoms with Crippen LogP contribution in [0.15, 0.2) is 58.5 Å². The van der Waals surface area contributed by atoms with E-state index in [1.807, 2.05) is 0 Å². The molecule has 11 heteroatoms. The summed E-state index contributed by atoms with van der Waals surface area (Å²) in [6, 6.07) is 11.0. The van der Waals surface area contributed by atoms with Crippen molar-refractivity contribution in [3.8, 4) is 11.4 Å². The third-order valence-corrected chi connectivity index (χ3v) is 5.20. The van der Waals surface area contributed by atoms with Gasteiger partial charge in [0.15, 0.2) is 16.6 Å². The molecule has 30 heavy (non-hydrogen) atoms. The molecule has 0 atom stereocenters. The van der Waals surface area contributed by atoms with Gasteiger partial charge < -0.3 is 5.32 Å². The lowest BCUT2D eigenvalue weighted by atomic mass is 10.2. The summed E-state index contributed by atoms with van der Waals surface area (Å²) in [5.41, 5.74) is 0.325. The molecule has 1 amide bonds. The maximum atomic E-state index is 14.2. The number of nitrogens with zero attached hydrogens (tertiary/aromatic N) is 3. The average Bonchev–Trinajstić information content (AvgIpc) is 3.09. The number of hydrogen-bond donors (Lipinski definition) is 2. The number of H-pyrrole nitrogens is 1. The fraction of sp³-hybridized carbons (Fsp3) is 0.0526. The second-order valence-corrected chi connectivity index (χ2v) is 7.44. The standard InChI is InChI=1S/C19H12ClF2N5O2S/c20-12-7-10(5-6-14(12)22)23-17(29)9-30-19-25-18(11-3-1-2-4-13(11)21)24-15-8-16(28)26-27(15)19/h1-8H,9H2,(H,23,29)(H,26,28). The minimum Gasteiger partial charge on any atom is -0.325 e. The Kier molecular flexibility index (Phi) is 5.51. The zero-order valence-corrected chi connectivity index (χ0v) is 16.6. The molecule has 2 aromatic heterocycles. The van der Waals surface area contributed by atoms with Crippen molar-refractivity contribution in [2.45, 2.75) is 5.16 Å². The first-order chi connectivity index (χ1) is 14.4. The number of anilines is 1. The predicted molar refractivity (Wildman–Crippen MR) is 110 cm³/mol. The lowest BCUT2D eigenvalue weighted by Gasteiger charge is -2.09. The number of hydrogen-bond acceptors (Lipinski definition) is 5. The van der Waals surface area contributed by atoms with Crippen molar-refractivity contribution >= 4 is 40.6 Å². The first-order valence-electron chi connectivity index (χ1n) is 8.53. The highest BCUT2D eigenvalue weighted by molar-refractivity contribution is 7.99. The number of rotatable bonds is 5. The van der Waals surface area contributed by atoms with Crippen LogP contribution < -0.4 is 10.9 Å². The smallest absolute Gasteiger partial charge is 0.266 e. The van der Waals surface area contributed by atoms with Crippen LogP contribution in [0, 0.1) is 11.6 Å². The van der Waals surface area contributed by atoms with Gasteiger partial charge in [-0.25, -0.2) is 23.3 Å². The number of fused-ring (bicyclic) bond motifs is 1. The Morgan fingerprint density at radius 2 is 1.93 bits per heavy atom. The van der Waals surface area contributed by atoms with Gasteiger partial charge in [-0.2, -0.15) is 0 Å². The van der Waals surface area contributed by atoms with Crippen LogP contribution in [0.2, 0.25) is 5.02 Å². The van der Waals surface area contributed by atoms with Crippen molar-refractivity contribution in [2.24, 2.45) is 0 Å². The van der Waals surface area contributed by atoms with Crippen LogP contribution >= 0.6 is 23.4 Å². The number of halogens is 3. The number of nitrogens with one attached hydrogen (secondary N) is 2. The van der Waals surface area contributed by atoms with E-state index in [-0.39, 0.29) is 33.0 Å². The zero-order valence-electron chi connectivity index (χ0n) is 15.0. The van der Waals surface area contributed by atoms with E-state index in [2.05, 4.69) is 20.4 Å². The molecule has 2 N–H and O–H groups in total. The van der Waals surface area contributed by atoms with Crippen molar-refractivity contribution in [1.82, 2.24) is 19.6 Å². The normalized spacial score (nSPS) is 11.0. The van der Waals surface area contributed by atoms with E-state index in [4.69, 9.17) is 11.6 Å². The minimum absolute atomic E-state index is 0.0836. The summed E-state index contributed by atoms with van der Waals surface area (Å²) in [5.74, 6) is -1.51. The van der Waals surface area contributed by atoms with Crippen LogP contribution in [0.25, 0.3) is 17.0 Å². The highest BCUT2D eigenvalue weighted by Crippen LogP contribution is 2.24. The Hall–Kier alpha value is -3.24. The number of benzene rings is 2. The lowest BCUT2D eigenvalue weighted by Crippen LogP contribution is -2.15. The van der Waals surface area contributed by atoms with Gasteiger partial charge in [0.25, 0.3) is 5.56 Å². The molecule has 0 fully saturated rings. The van der Waals surface area contributed by atoms with Gasteiger partial charge >= 0.3 is 0 Å². The average molecular weight is 448 g/mol. The van der Waals surface area contributed by atoms with Gasteiger partial charge in [-0.1, -0.05) is 35.5 Å². The molecule has 2 heterocycles. The Morgan fingerprint density at radius 3 is 2.70 bits per heavy atom. The van der Waals surface area contributed by atoms with Crippen LogP contribution in [0.3, 0.4) is 0 Å². The maximum absolute atomic E-state index is 14.2. The number of amides is 1. The molecule has 0 aliphatic heterocycles. The van der Waals surface area contributed by atoms with Crippen LogP contribution in [0.5, 0.6) is 0 Å². The van der Waals surface area contributed by atoms with Gasteiger partial charge in [-0.05, 0) is 30.3 Å². The minimum atomic E-state index is -0.593. The van der Waals surface area contributed by atoms with E-state index < -0.39 is 23.1 Å². The fourth-order valence-electron chi connectivity index (χ4n) is 2.64. The SMILES string of the molecule is O=C(CSc1nc(-c2ccccc2F)nc2cc(=O)[nH]n12)Nc1ccc(F)c(Cl)c1. The zero-order chi connectivity index (χ0) is 21.3. The topological polar surface area (TPSA) is 92.2 Å². The highest BCUT2D eigenvalue weighted by atomic mass is 35.5. The van der Waals surface area contributed by atoms with E-state index in [1.54, 1.807) is 12.1 Å². The number of aromatic amines is 1. The molecule has 152 valence electrons. The molecule has 0 saturated carbocycles. The summed E-state index contributed by atoms with van der Waals surface area (Å²) in [5, 5.41) is 5.26. The molecule has 0 spiro atoms. The Balaban J connectivity index is 1.60. The third-order valence-electron chi connectivity index (χ3n) is 3.98. The molecule has 4 rings (SSSR count). The van der Waals surface area contributed by atoms with Gasteiger partial charge in [0.05, 0.1) is 16.3 Å². The van der Waals surface area contributed by atoms with E-state index in [0.29, 0.717) is 5.69 Å². The first kappa shape index (κ1) is 20.0. The van der Waals surface area contributed by atoms with E-state index >= 15 is 0 Å². The maximum Gasteiger partial charge on any atom is 0.266 e. The molecule has 4 aromatic rings. The molecule has 0 saturated heterocycles. The summed E-state index contributed by atoms with van der Waals surface area (Å²) >= 11 is 6.72. The Morgan fingerprint density at radius 1 is 1.13 bits per heavy atom. The van der Waals surface area contributed by atoms with Crippen LogP contribution in [-0.2, 0) is 4.79 Å².